The first-order valence-electron chi connectivity index (χ1n) is 13.4. The Hall–Kier alpha value is -4.45. The highest BCUT2D eigenvalue weighted by Crippen LogP contribution is 2.44. The molecule has 0 amide bonds. The summed E-state index contributed by atoms with van der Waals surface area (Å²) >= 11 is 0. The molecule has 0 fully saturated rings. The molecule has 8 bridgehead atoms. The smallest absolute Gasteiger partial charge is 0.162 e. The predicted octanol–water partition coefficient (Wildman–Crippen LogP) is 5.83. The molecule has 39 heavy (non-hydrogen) atoms. The first kappa shape index (κ1) is 23.7. The van der Waals surface area contributed by atoms with Crippen LogP contribution < -0.4 is 15.9 Å². The number of allylic oxidation sites excluding steroid dienone is 1. The Labute approximate surface area is 228 Å². The standard InChI is InChI=1S/C33H30N6/c1-32(2,3)18-14-20-21-15-19(33(4,5)6)17-23-29(21)39-28(20)22(16-18)30-34-12-10-26(37-30)24-8-7-9-25(36-24)27-11-13-35-31(23)38-27/h7-17,37H,1-6H3. The van der Waals surface area contributed by atoms with Crippen LogP contribution in [0, 0.1) is 0 Å². The topological polar surface area (TPSA) is 75.4 Å². The quantitative estimate of drug-likeness (QED) is 0.285. The van der Waals surface area contributed by atoms with Crippen molar-refractivity contribution in [3.05, 3.63) is 88.2 Å². The molecule has 0 atom stereocenters. The van der Waals surface area contributed by atoms with Gasteiger partial charge in [0.15, 0.2) is 5.82 Å². The van der Waals surface area contributed by atoms with Crippen LogP contribution in [0.2, 0.25) is 0 Å². The van der Waals surface area contributed by atoms with E-state index in [0.717, 1.165) is 61.6 Å². The minimum Gasteiger partial charge on any atom is -0.338 e. The predicted molar refractivity (Wildman–Crippen MR) is 157 cm³/mol. The van der Waals surface area contributed by atoms with E-state index in [-0.39, 0.29) is 10.8 Å². The molecular formula is C33H30N6. The number of aromatic nitrogens is 3. The molecule has 0 saturated carbocycles. The summed E-state index contributed by atoms with van der Waals surface area (Å²) in [6, 6.07) is 17.0. The van der Waals surface area contributed by atoms with Crippen LogP contribution in [0.1, 0.15) is 58.4 Å². The first-order valence-corrected chi connectivity index (χ1v) is 13.4. The van der Waals surface area contributed by atoms with Crippen molar-refractivity contribution in [2.75, 3.05) is 0 Å². The highest BCUT2D eigenvalue weighted by molar-refractivity contribution is 5.93. The highest BCUT2D eigenvalue weighted by atomic mass is 15.1. The lowest BCUT2D eigenvalue weighted by Crippen LogP contribution is -2.34. The van der Waals surface area contributed by atoms with Crippen LogP contribution in [0.4, 0.5) is 5.69 Å². The van der Waals surface area contributed by atoms with Gasteiger partial charge in [0.1, 0.15) is 5.82 Å². The molecule has 3 aliphatic heterocycles. The van der Waals surface area contributed by atoms with Crippen molar-refractivity contribution in [3.63, 3.8) is 0 Å². The van der Waals surface area contributed by atoms with Crippen LogP contribution in [-0.2, 0) is 10.8 Å². The minimum absolute atomic E-state index is 0.0646. The van der Waals surface area contributed by atoms with Crippen molar-refractivity contribution in [1.29, 1.82) is 0 Å². The Morgan fingerprint density at radius 2 is 1.41 bits per heavy atom. The number of hydrogen-bond donors (Lipinski definition) is 1. The Morgan fingerprint density at radius 3 is 2.21 bits per heavy atom. The summed E-state index contributed by atoms with van der Waals surface area (Å²) in [6.45, 7) is 13.4. The van der Waals surface area contributed by atoms with Crippen LogP contribution in [0.3, 0.4) is 0 Å². The van der Waals surface area contributed by atoms with E-state index >= 15 is 0 Å². The zero-order valence-electron chi connectivity index (χ0n) is 23.1. The number of benzene rings is 2. The van der Waals surface area contributed by atoms with Gasteiger partial charge in [-0.3, -0.25) is 0 Å². The van der Waals surface area contributed by atoms with Gasteiger partial charge in [0, 0.05) is 34.3 Å². The number of nitrogens with one attached hydrogen (secondary N) is 1. The molecule has 7 rings (SSSR count). The van der Waals surface area contributed by atoms with Crippen LogP contribution in [0.25, 0.3) is 45.4 Å². The average Bonchev–Trinajstić information content (AvgIpc) is 3.30. The van der Waals surface area contributed by atoms with Crippen LogP contribution >= 0.6 is 0 Å². The lowest BCUT2D eigenvalue weighted by molar-refractivity contribution is 0.589. The van der Waals surface area contributed by atoms with Gasteiger partial charge in [0.05, 0.1) is 33.8 Å². The molecule has 4 aromatic rings. The number of aliphatic imine (C=N–C) groups is 1. The minimum atomic E-state index is -0.0723. The molecule has 5 heterocycles. The molecule has 0 spiro atoms. The van der Waals surface area contributed by atoms with E-state index in [9.17, 15) is 0 Å². The fraction of sp³-hybridized carbons (Fsp3) is 0.242. The number of pyridine rings is 1. The van der Waals surface area contributed by atoms with Gasteiger partial charge >= 0.3 is 0 Å². The van der Waals surface area contributed by atoms with Crippen molar-refractivity contribution in [2.24, 2.45) is 9.98 Å². The Balaban J connectivity index is 1.67. The second-order valence-electron chi connectivity index (χ2n) is 12.5. The van der Waals surface area contributed by atoms with E-state index in [4.69, 9.17) is 24.9 Å². The van der Waals surface area contributed by atoms with E-state index in [1.165, 1.54) is 11.1 Å². The molecule has 1 N–H and O–H groups in total. The molecule has 2 aromatic carbocycles. The van der Waals surface area contributed by atoms with Crippen LogP contribution in [-0.4, -0.2) is 21.2 Å². The number of hydrogen-bond acceptors (Lipinski definition) is 6. The van der Waals surface area contributed by atoms with E-state index < -0.39 is 0 Å². The molecule has 2 aromatic heterocycles. The lowest BCUT2D eigenvalue weighted by Gasteiger charge is -2.23. The Bertz CT molecular complexity index is 1900. The summed E-state index contributed by atoms with van der Waals surface area (Å²) < 4.78 is 0. The zero-order valence-corrected chi connectivity index (χ0v) is 23.1. The Morgan fingerprint density at radius 1 is 0.718 bits per heavy atom. The van der Waals surface area contributed by atoms with Crippen molar-refractivity contribution < 1.29 is 0 Å². The Kier molecular flexibility index (Phi) is 4.87. The van der Waals surface area contributed by atoms with Crippen molar-refractivity contribution in [2.45, 2.75) is 52.4 Å². The van der Waals surface area contributed by atoms with E-state index in [2.05, 4.69) is 71.1 Å². The zero-order chi connectivity index (χ0) is 27.1. The van der Waals surface area contributed by atoms with Crippen molar-refractivity contribution >= 4 is 23.4 Å². The second-order valence-corrected chi connectivity index (χ2v) is 12.5. The fourth-order valence-electron chi connectivity index (χ4n) is 5.28. The van der Waals surface area contributed by atoms with Crippen LogP contribution in [0.15, 0.2) is 70.8 Å². The van der Waals surface area contributed by atoms with Gasteiger partial charge in [0.2, 0.25) is 0 Å². The molecule has 0 aliphatic carbocycles. The molecule has 6 heteroatoms. The SMILES string of the molecule is CC(C)(C)c1cc2c3c(c1)-c1cc(C(C)(C)C)cc(c1=N3)=C1N=CC=C(N1)c1cccc(n1)-c1ccnc-2n1. The van der Waals surface area contributed by atoms with Gasteiger partial charge < -0.3 is 5.32 Å². The fourth-order valence-corrected chi connectivity index (χ4v) is 5.28. The van der Waals surface area contributed by atoms with Crippen molar-refractivity contribution in [1.82, 2.24) is 20.3 Å². The highest BCUT2D eigenvalue weighted by Gasteiger charge is 2.28. The monoisotopic (exact) mass is 510 g/mol. The maximum Gasteiger partial charge on any atom is 0.162 e. The third-order valence-corrected chi connectivity index (χ3v) is 7.60. The average molecular weight is 511 g/mol. The maximum absolute atomic E-state index is 5.29. The molecular weight excluding hydrogens is 480 g/mol. The third-order valence-electron chi connectivity index (χ3n) is 7.60. The van der Waals surface area contributed by atoms with E-state index in [1.807, 2.05) is 42.8 Å². The van der Waals surface area contributed by atoms with Crippen LogP contribution in [0.5, 0.6) is 0 Å². The van der Waals surface area contributed by atoms with E-state index in [1.54, 1.807) is 0 Å². The third kappa shape index (κ3) is 3.82. The molecule has 192 valence electrons. The molecule has 6 nitrogen and oxygen atoms in total. The summed E-state index contributed by atoms with van der Waals surface area (Å²) in [5, 5.41) is 5.46. The van der Waals surface area contributed by atoms with E-state index in [0.29, 0.717) is 5.82 Å². The second kappa shape index (κ2) is 8.03. The van der Waals surface area contributed by atoms with Gasteiger partial charge in [-0.1, -0.05) is 47.6 Å². The lowest BCUT2D eigenvalue weighted by atomic mass is 9.82. The summed E-state index contributed by atoms with van der Waals surface area (Å²) in [4.78, 5) is 24.8. The molecule has 0 saturated heterocycles. The maximum atomic E-state index is 5.29. The largest absolute Gasteiger partial charge is 0.338 e. The van der Waals surface area contributed by atoms with Gasteiger partial charge in [0.25, 0.3) is 0 Å². The summed E-state index contributed by atoms with van der Waals surface area (Å²) in [7, 11) is 0. The number of rotatable bonds is 0. The van der Waals surface area contributed by atoms with Gasteiger partial charge in [-0.15, -0.1) is 0 Å². The number of fused-ring (bicyclic) bond motifs is 10. The molecule has 0 radical (unpaired) electrons. The van der Waals surface area contributed by atoms with Gasteiger partial charge in [-0.25, -0.2) is 24.9 Å². The normalized spacial score (nSPS) is 14.8. The van der Waals surface area contributed by atoms with Crippen molar-refractivity contribution in [3.8, 4) is 33.9 Å². The molecule has 3 aliphatic rings. The van der Waals surface area contributed by atoms with Gasteiger partial charge in [-0.2, -0.15) is 0 Å². The summed E-state index contributed by atoms with van der Waals surface area (Å²) in [5.74, 6) is 1.42. The summed E-state index contributed by atoms with van der Waals surface area (Å²) in [5.41, 5.74) is 9.63. The molecule has 0 unspecified atom stereocenters. The first-order chi connectivity index (χ1) is 18.6. The van der Waals surface area contributed by atoms with Gasteiger partial charge in [-0.05, 0) is 70.5 Å². The summed E-state index contributed by atoms with van der Waals surface area (Å²) in [6.07, 6.45) is 5.61. The number of nitrogens with zero attached hydrogens (tertiary/aromatic N) is 5.